The molecular weight excluding hydrogens is 164 g/mol. The molecule has 0 aliphatic heterocycles. The van der Waals surface area contributed by atoms with Crippen LogP contribution in [0.25, 0.3) is 0 Å². The van der Waals surface area contributed by atoms with Gasteiger partial charge in [0.25, 0.3) is 0 Å². The predicted molar refractivity (Wildman–Crippen MR) is 53.8 cm³/mol. The Morgan fingerprint density at radius 1 is 1.62 bits per heavy atom. The van der Waals surface area contributed by atoms with Crippen LogP contribution in [0, 0.1) is 6.92 Å². The minimum absolute atomic E-state index is 0.220. The number of aliphatic hydroxyl groups is 1. The summed E-state index contributed by atoms with van der Waals surface area (Å²) in [4.78, 5) is 4.10. The van der Waals surface area contributed by atoms with E-state index in [-0.39, 0.29) is 6.61 Å². The molecule has 0 aliphatic carbocycles. The summed E-state index contributed by atoms with van der Waals surface area (Å²) >= 11 is 0. The quantitative estimate of drug-likeness (QED) is 0.739. The Labute approximate surface area is 78.8 Å². The maximum atomic E-state index is 8.72. The molecule has 0 saturated carbocycles. The second-order valence-electron chi connectivity index (χ2n) is 3.24. The van der Waals surface area contributed by atoms with Crippen LogP contribution in [0.2, 0.25) is 0 Å². The van der Waals surface area contributed by atoms with E-state index in [9.17, 15) is 0 Å². The highest BCUT2D eigenvalue weighted by Gasteiger charge is 2.00. The fourth-order valence-corrected chi connectivity index (χ4v) is 1.19. The van der Waals surface area contributed by atoms with E-state index in [0.29, 0.717) is 6.04 Å². The van der Waals surface area contributed by atoms with Crippen molar-refractivity contribution in [3.05, 3.63) is 24.0 Å². The van der Waals surface area contributed by atoms with E-state index in [1.54, 1.807) is 6.20 Å². The van der Waals surface area contributed by atoms with Gasteiger partial charge in [0.15, 0.2) is 0 Å². The number of nitrogens with zero attached hydrogens (tertiary/aromatic N) is 1. The molecule has 1 atom stereocenters. The van der Waals surface area contributed by atoms with E-state index in [1.165, 1.54) is 0 Å². The molecule has 0 unspecified atom stereocenters. The van der Waals surface area contributed by atoms with Crippen molar-refractivity contribution in [1.82, 2.24) is 4.98 Å². The fraction of sp³-hybridized carbons (Fsp3) is 0.500. The van der Waals surface area contributed by atoms with Crippen LogP contribution in [0.1, 0.15) is 19.0 Å². The summed E-state index contributed by atoms with van der Waals surface area (Å²) in [6, 6.07) is 4.22. The first-order valence-electron chi connectivity index (χ1n) is 4.52. The molecule has 13 heavy (non-hydrogen) atoms. The van der Waals surface area contributed by atoms with Crippen molar-refractivity contribution in [3.8, 4) is 0 Å². The van der Waals surface area contributed by atoms with Crippen molar-refractivity contribution in [1.29, 1.82) is 0 Å². The molecule has 1 aromatic heterocycles. The first-order valence-corrected chi connectivity index (χ1v) is 4.52. The van der Waals surface area contributed by atoms with Crippen LogP contribution in [-0.2, 0) is 0 Å². The van der Waals surface area contributed by atoms with Gasteiger partial charge in [-0.3, -0.25) is 4.98 Å². The average Bonchev–Trinajstić information content (AvgIpc) is 2.04. The number of rotatable bonds is 4. The maximum absolute atomic E-state index is 8.72. The number of pyridine rings is 1. The van der Waals surface area contributed by atoms with Gasteiger partial charge in [-0.25, -0.2) is 0 Å². The summed E-state index contributed by atoms with van der Waals surface area (Å²) < 4.78 is 0. The first-order chi connectivity index (χ1) is 6.22. The Kier molecular flexibility index (Phi) is 3.71. The second-order valence-corrected chi connectivity index (χ2v) is 3.24. The highest BCUT2D eigenvalue weighted by molar-refractivity contribution is 5.43. The molecule has 3 heteroatoms. The third-order valence-corrected chi connectivity index (χ3v) is 1.87. The van der Waals surface area contributed by atoms with E-state index < -0.39 is 0 Å². The van der Waals surface area contributed by atoms with Crippen LogP contribution in [-0.4, -0.2) is 22.7 Å². The summed E-state index contributed by atoms with van der Waals surface area (Å²) in [6.45, 7) is 4.23. The summed E-state index contributed by atoms with van der Waals surface area (Å²) in [6.07, 6.45) is 2.55. The molecule has 0 bridgehead atoms. The van der Waals surface area contributed by atoms with Crippen molar-refractivity contribution in [2.75, 3.05) is 11.9 Å². The van der Waals surface area contributed by atoms with Crippen LogP contribution in [0.4, 0.5) is 5.69 Å². The van der Waals surface area contributed by atoms with Gasteiger partial charge in [-0.2, -0.15) is 0 Å². The van der Waals surface area contributed by atoms with Crippen molar-refractivity contribution in [2.45, 2.75) is 26.3 Å². The predicted octanol–water partition coefficient (Wildman–Crippen LogP) is 1.57. The Morgan fingerprint density at radius 3 is 3.00 bits per heavy atom. The number of anilines is 1. The lowest BCUT2D eigenvalue weighted by atomic mass is 10.2. The van der Waals surface area contributed by atoms with Crippen LogP contribution in [0.15, 0.2) is 18.3 Å². The van der Waals surface area contributed by atoms with Crippen LogP contribution >= 0.6 is 0 Å². The largest absolute Gasteiger partial charge is 0.396 e. The highest BCUT2D eigenvalue weighted by atomic mass is 16.3. The van der Waals surface area contributed by atoms with Gasteiger partial charge in [-0.15, -0.1) is 0 Å². The van der Waals surface area contributed by atoms with Gasteiger partial charge in [0, 0.05) is 30.2 Å². The SMILES string of the molecule is Cc1cc(N[C@H](C)CCO)ccn1. The number of aryl methyl sites for hydroxylation is 1. The molecule has 2 N–H and O–H groups in total. The minimum Gasteiger partial charge on any atom is -0.396 e. The van der Waals surface area contributed by atoms with E-state index in [4.69, 9.17) is 5.11 Å². The third-order valence-electron chi connectivity index (χ3n) is 1.87. The van der Waals surface area contributed by atoms with Crippen molar-refractivity contribution >= 4 is 5.69 Å². The lowest BCUT2D eigenvalue weighted by Crippen LogP contribution is -2.16. The Bertz CT molecular complexity index is 263. The van der Waals surface area contributed by atoms with Crippen LogP contribution in [0.3, 0.4) is 0 Å². The Balaban J connectivity index is 2.53. The van der Waals surface area contributed by atoms with Gasteiger partial charge in [-0.05, 0) is 32.4 Å². The summed E-state index contributed by atoms with van der Waals surface area (Å²) in [5.41, 5.74) is 2.06. The lowest BCUT2D eigenvalue weighted by Gasteiger charge is -2.13. The molecule has 0 spiro atoms. The Morgan fingerprint density at radius 2 is 2.38 bits per heavy atom. The van der Waals surface area contributed by atoms with Crippen LogP contribution < -0.4 is 5.32 Å². The van der Waals surface area contributed by atoms with Gasteiger partial charge in [0.2, 0.25) is 0 Å². The molecule has 1 rings (SSSR count). The summed E-state index contributed by atoms with van der Waals surface area (Å²) in [5.74, 6) is 0. The molecular formula is C10H16N2O. The fourth-order valence-electron chi connectivity index (χ4n) is 1.19. The van der Waals surface area contributed by atoms with Crippen molar-refractivity contribution in [3.63, 3.8) is 0 Å². The average molecular weight is 180 g/mol. The zero-order valence-electron chi connectivity index (χ0n) is 8.12. The molecule has 0 amide bonds. The van der Waals surface area contributed by atoms with Gasteiger partial charge >= 0.3 is 0 Å². The third kappa shape index (κ3) is 3.42. The molecule has 0 saturated heterocycles. The minimum atomic E-state index is 0.220. The number of aromatic nitrogens is 1. The Hall–Kier alpha value is -1.09. The second kappa shape index (κ2) is 4.82. The van der Waals surface area contributed by atoms with Crippen LogP contribution in [0.5, 0.6) is 0 Å². The summed E-state index contributed by atoms with van der Waals surface area (Å²) in [5, 5.41) is 12.0. The molecule has 3 nitrogen and oxygen atoms in total. The van der Waals surface area contributed by atoms with Gasteiger partial charge in [0.1, 0.15) is 0 Å². The van der Waals surface area contributed by atoms with E-state index in [1.807, 2.05) is 26.0 Å². The zero-order valence-corrected chi connectivity index (χ0v) is 8.12. The van der Waals surface area contributed by atoms with Crippen molar-refractivity contribution < 1.29 is 5.11 Å². The number of aliphatic hydroxyl groups excluding tert-OH is 1. The number of hydrogen-bond donors (Lipinski definition) is 2. The molecule has 72 valence electrons. The highest BCUT2D eigenvalue weighted by Crippen LogP contribution is 2.09. The van der Waals surface area contributed by atoms with Gasteiger partial charge in [0.05, 0.1) is 0 Å². The first kappa shape index (κ1) is 9.99. The molecule has 0 fully saturated rings. The van der Waals surface area contributed by atoms with Gasteiger partial charge < -0.3 is 10.4 Å². The van der Waals surface area contributed by atoms with Gasteiger partial charge in [-0.1, -0.05) is 0 Å². The van der Waals surface area contributed by atoms with E-state index in [2.05, 4.69) is 10.3 Å². The molecule has 0 aliphatic rings. The monoisotopic (exact) mass is 180 g/mol. The summed E-state index contributed by atoms with van der Waals surface area (Å²) in [7, 11) is 0. The lowest BCUT2D eigenvalue weighted by molar-refractivity contribution is 0.282. The maximum Gasteiger partial charge on any atom is 0.0450 e. The smallest absolute Gasteiger partial charge is 0.0450 e. The molecule has 1 heterocycles. The number of nitrogens with one attached hydrogen (secondary N) is 1. The van der Waals surface area contributed by atoms with E-state index in [0.717, 1.165) is 17.8 Å². The zero-order chi connectivity index (χ0) is 9.68. The topological polar surface area (TPSA) is 45.1 Å². The van der Waals surface area contributed by atoms with E-state index >= 15 is 0 Å². The standard InChI is InChI=1S/C10H16N2O/c1-8(4-6-13)12-10-3-5-11-9(2)7-10/h3,5,7-8,13H,4,6H2,1-2H3,(H,11,12)/t8-/m1/s1. The number of hydrogen-bond acceptors (Lipinski definition) is 3. The molecule has 0 aromatic carbocycles. The normalized spacial score (nSPS) is 12.5. The molecule has 1 aromatic rings. The molecule has 0 radical (unpaired) electrons. The van der Waals surface area contributed by atoms with Crippen molar-refractivity contribution in [2.24, 2.45) is 0 Å².